The Kier molecular flexibility index (Phi) is 5.87. The SMILES string of the molecule is CCCC(NC1CCCN(CC)C1)c1ccccc1. The highest BCUT2D eigenvalue weighted by molar-refractivity contribution is 5.19. The van der Waals surface area contributed by atoms with Gasteiger partial charge in [-0.25, -0.2) is 0 Å². The van der Waals surface area contributed by atoms with Gasteiger partial charge in [0.25, 0.3) is 0 Å². The summed E-state index contributed by atoms with van der Waals surface area (Å²) < 4.78 is 0. The molecule has 0 radical (unpaired) electrons. The Bertz CT molecular complexity index is 350. The maximum atomic E-state index is 3.90. The van der Waals surface area contributed by atoms with Gasteiger partial charge in [0.1, 0.15) is 0 Å². The van der Waals surface area contributed by atoms with Gasteiger partial charge in [0.15, 0.2) is 0 Å². The van der Waals surface area contributed by atoms with Crippen LogP contribution in [0.2, 0.25) is 0 Å². The number of likely N-dealkylation sites (tertiary alicyclic amines) is 1. The lowest BCUT2D eigenvalue weighted by atomic mass is 9.98. The van der Waals surface area contributed by atoms with Crippen molar-refractivity contribution in [2.75, 3.05) is 19.6 Å². The third-order valence-corrected chi connectivity index (χ3v) is 4.17. The van der Waals surface area contributed by atoms with Crippen molar-refractivity contribution in [3.63, 3.8) is 0 Å². The first-order chi connectivity index (χ1) is 9.33. The zero-order valence-corrected chi connectivity index (χ0v) is 12.4. The van der Waals surface area contributed by atoms with E-state index >= 15 is 0 Å². The van der Waals surface area contributed by atoms with Crippen molar-refractivity contribution < 1.29 is 0 Å². The maximum absolute atomic E-state index is 3.90. The largest absolute Gasteiger partial charge is 0.306 e. The summed E-state index contributed by atoms with van der Waals surface area (Å²) in [6.07, 6.45) is 5.12. The first kappa shape index (κ1) is 14.5. The molecule has 1 heterocycles. The lowest BCUT2D eigenvalue weighted by Crippen LogP contribution is -2.46. The summed E-state index contributed by atoms with van der Waals surface area (Å²) in [5.74, 6) is 0. The Hall–Kier alpha value is -0.860. The minimum atomic E-state index is 0.521. The molecule has 2 nitrogen and oxygen atoms in total. The Labute approximate surface area is 118 Å². The fourth-order valence-electron chi connectivity index (χ4n) is 3.08. The van der Waals surface area contributed by atoms with Crippen LogP contribution in [-0.2, 0) is 0 Å². The van der Waals surface area contributed by atoms with Gasteiger partial charge in [-0.3, -0.25) is 0 Å². The monoisotopic (exact) mass is 260 g/mol. The molecular formula is C17H28N2. The fraction of sp³-hybridized carbons (Fsp3) is 0.647. The van der Waals surface area contributed by atoms with Gasteiger partial charge in [-0.05, 0) is 37.9 Å². The third-order valence-electron chi connectivity index (χ3n) is 4.17. The molecule has 0 bridgehead atoms. The summed E-state index contributed by atoms with van der Waals surface area (Å²) in [6, 6.07) is 12.1. The summed E-state index contributed by atoms with van der Waals surface area (Å²) in [4.78, 5) is 2.56. The van der Waals surface area contributed by atoms with Crippen molar-refractivity contribution in [1.82, 2.24) is 10.2 Å². The molecule has 1 aliphatic rings. The number of benzene rings is 1. The van der Waals surface area contributed by atoms with Crippen molar-refractivity contribution in [3.8, 4) is 0 Å². The zero-order valence-electron chi connectivity index (χ0n) is 12.4. The van der Waals surface area contributed by atoms with E-state index in [4.69, 9.17) is 0 Å². The van der Waals surface area contributed by atoms with Crippen LogP contribution in [0.3, 0.4) is 0 Å². The van der Waals surface area contributed by atoms with Gasteiger partial charge in [-0.15, -0.1) is 0 Å². The van der Waals surface area contributed by atoms with Crippen molar-refractivity contribution in [3.05, 3.63) is 35.9 Å². The molecule has 2 heteroatoms. The molecule has 2 atom stereocenters. The number of nitrogens with zero attached hydrogens (tertiary/aromatic N) is 1. The molecule has 1 aromatic carbocycles. The minimum absolute atomic E-state index is 0.521. The average molecular weight is 260 g/mol. The van der Waals surface area contributed by atoms with E-state index in [0.717, 1.165) is 0 Å². The van der Waals surface area contributed by atoms with E-state index in [1.807, 2.05) is 0 Å². The van der Waals surface area contributed by atoms with E-state index in [1.165, 1.54) is 50.9 Å². The quantitative estimate of drug-likeness (QED) is 0.840. The summed E-state index contributed by atoms with van der Waals surface area (Å²) in [6.45, 7) is 8.21. The molecule has 106 valence electrons. The molecule has 1 saturated heterocycles. The fourth-order valence-corrected chi connectivity index (χ4v) is 3.08. The van der Waals surface area contributed by atoms with Crippen molar-refractivity contribution >= 4 is 0 Å². The van der Waals surface area contributed by atoms with Crippen LogP contribution in [0.25, 0.3) is 0 Å². The predicted molar refractivity (Wildman–Crippen MR) is 82.4 cm³/mol. The highest BCUT2D eigenvalue weighted by Crippen LogP contribution is 2.21. The van der Waals surface area contributed by atoms with E-state index in [9.17, 15) is 0 Å². The van der Waals surface area contributed by atoms with Gasteiger partial charge in [0.2, 0.25) is 0 Å². The minimum Gasteiger partial charge on any atom is -0.306 e. The van der Waals surface area contributed by atoms with Gasteiger partial charge in [0, 0.05) is 18.6 Å². The summed E-state index contributed by atoms with van der Waals surface area (Å²) >= 11 is 0. The van der Waals surface area contributed by atoms with Crippen LogP contribution in [0.15, 0.2) is 30.3 Å². The Balaban J connectivity index is 1.96. The number of likely N-dealkylation sites (N-methyl/N-ethyl adjacent to an activating group) is 1. The second-order valence-electron chi connectivity index (χ2n) is 5.65. The molecule has 0 spiro atoms. The van der Waals surface area contributed by atoms with Gasteiger partial charge in [-0.2, -0.15) is 0 Å². The average Bonchev–Trinajstić information content (AvgIpc) is 2.48. The van der Waals surface area contributed by atoms with Gasteiger partial charge < -0.3 is 10.2 Å². The van der Waals surface area contributed by atoms with Crippen LogP contribution in [0, 0.1) is 0 Å². The lowest BCUT2D eigenvalue weighted by molar-refractivity contribution is 0.188. The number of hydrogen-bond acceptors (Lipinski definition) is 2. The van der Waals surface area contributed by atoms with Crippen LogP contribution in [0.5, 0.6) is 0 Å². The molecular weight excluding hydrogens is 232 g/mol. The van der Waals surface area contributed by atoms with Gasteiger partial charge in [0.05, 0.1) is 0 Å². The van der Waals surface area contributed by atoms with E-state index in [2.05, 4.69) is 54.4 Å². The number of rotatable bonds is 6. The molecule has 0 aromatic heterocycles. The summed E-state index contributed by atoms with van der Waals surface area (Å²) in [5, 5.41) is 3.90. The van der Waals surface area contributed by atoms with Crippen LogP contribution in [0.4, 0.5) is 0 Å². The molecule has 1 aliphatic heterocycles. The predicted octanol–water partition coefficient (Wildman–Crippen LogP) is 3.60. The van der Waals surface area contributed by atoms with Crippen LogP contribution < -0.4 is 5.32 Å². The van der Waals surface area contributed by atoms with Gasteiger partial charge in [-0.1, -0.05) is 50.6 Å². The lowest BCUT2D eigenvalue weighted by Gasteiger charge is -2.35. The molecule has 1 fully saturated rings. The second-order valence-corrected chi connectivity index (χ2v) is 5.65. The molecule has 0 saturated carbocycles. The molecule has 2 unspecified atom stereocenters. The summed E-state index contributed by atoms with van der Waals surface area (Å²) in [7, 11) is 0. The molecule has 1 N–H and O–H groups in total. The molecule has 2 rings (SSSR count). The van der Waals surface area contributed by atoms with E-state index < -0.39 is 0 Å². The molecule has 19 heavy (non-hydrogen) atoms. The maximum Gasteiger partial charge on any atom is 0.0323 e. The van der Waals surface area contributed by atoms with E-state index in [0.29, 0.717) is 12.1 Å². The van der Waals surface area contributed by atoms with Gasteiger partial charge >= 0.3 is 0 Å². The Morgan fingerprint density at radius 2 is 2.05 bits per heavy atom. The standard InChI is InChI=1S/C17H28N2/c1-3-9-17(15-10-6-5-7-11-15)18-16-12-8-13-19(4-2)14-16/h5-7,10-11,16-18H,3-4,8-9,12-14H2,1-2H3. The zero-order chi connectivity index (χ0) is 13.5. The van der Waals surface area contributed by atoms with Crippen LogP contribution in [-0.4, -0.2) is 30.6 Å². The smallest absolute Gasteiger partial charge is 0.0323 e. The highest BCUT2D eigenvalue weighted by atomic mass is 15.2. The Morgan fingerprint density at radius 3 is 2.74 bits per heavy atom. The first-order valence-corrected chi connectivity index (χ1v) is 7.86. The first-order valence-electron chi connectivity index (χ1n) is 7.86. The van der Waals surface area contributed by atoms with Crippen molar-refractivity contribution in [2.45, 2.75) is 51.6 Å². The Morgan fingerprint density at radius 1 is 1.26 bits per heavy atom. The topological polar surface area (TPSA) is 15.3 Å². The van der Waals surface area contributed by atoms with Crippen LogP contribution >= 0.6 is 0 Å². The van der Waals surface area contributed by atoms with Crippen molar-refractivity contribution in [2.24, 2.45) is 0 Å². The molecule has 0 aliphatic carbocycles. The molecule has 1 aromatic rings. The highest BCUT2D eigenvalue weighted by Gasteiger charge is 2.21. The van der Waals surface area contributed by atoms with Crippen LogP contribution in [0.1, 0.15) is 51.1 Å². The second kappa shape index (κ2) is 7.66. The number of piperidine rings is 1. The van der Waals surface area contributed by atoms with Crippen molar-refractivity contribution in [1.29, 1.82) is 0 Å². The van der Waals surface area contributed by atoms with E-state index in [1.54, 1.807) is 0 Å². The third kappa shape index (κ3) is 4.32. The number of nitrogens with one attached hydrogen (secondary N) is 1. The normalized spacial score (nSPS) is 22.3. The summed E-state index contributed by atoms with van der Waals surface area (Å²) in [5.41, 5.74) is 1.44. The van der Waals surface area contributed by atoms with E-state index in [-0.39, 0.29) is 0 Å². The molecule has 0 amide bonds. The number of hydrogen-bond donors (Lipinski definition) is 1.